The number of nitrogens with one attached hydrogen (secondary N) is 2. The molecule has 0 saturated heterocycles. The van der Waals surface area contributed by atoms with Gasteiger partial charge in [-0.1, -0.05) is 12.1 Å². The smallest absolute Gasteiger partial charge is 0.196 e. The fraction of sp³-hybridized carbons (Fsp3) is 0.381. The minimum atomic E-state index is 0. The van der Waals surface area contributed by atoms with Gasteiger partial charge in [-0.05, 0) is 36.8 Å². The van der Waals surface area contributed by atoms with Gasteiger partial charge in [0.1, 0.15) is 0 Å². The number of ether oxygens (including phenoxy) is 2. The maximum absolute atomic E-state index is 5.76. The van der Waals surface area contributed by atoms with Gasteiger partial charge < -0.3 is 25.0 Å². The highest BCUT2D eigenvalue weighted by Gasteiger charge is 2.11. The molecule has 0 atom stereocenters. The van der Waals surface area contributed by atoms with Gasteiger partial charge >= 0.3 is 0 Å². The molecule has 7 heteroatoms. The number of hydrogen-bond donors (Lipinski definition) is 2. The molecule has 1 aliphatic rings. The molecule has 0 amide bonds. The summed E-state index contributed by atoms with van der Waals surface area (Å²) < 4.78 is 11.4. The summed E-state index contributed by atoms with van der Waals surface area (Å²) in [5.74, 6) is 2.30. The first kappa shape index (κ1) is 22.1. The average molecular weight is 496 g/mol. The largest absolute Gasteiger partial charge is 0.490 e. The molecule has 0 radical (unpaired) electrons. The van der Waals surface area contributed by atoms with Crippen LogP contribution in [0.25, 0.3) is 0 Å². The van der Waals surface area contributed by atoms with Crippen LogP contribution in [0.5, 0.6) is 11.5 Å². The highest BCUT2D eigenvalue weighted by atomic mass is 127. The number of halogens is 1. The third-order valence-corrected chi connectivity index (χ3v) is 4.23. The van der Waals surface area contributed by atoms with Crippen LogP contribution in [0.3, 0.4) is 0 Å². The lowest BCUT2D eigenvalue weighted by Gasteiger charge is -2.14. The van der Waals surface area contributed by atoms with E-state index in [2.05, 4.69) is 46.7 Å². The zero-order valence-electron chi connectivity index (χ0n) is 16.7. The van der Waals surface area contributed by atoms with Gasteiger partial charge in [0, 0.05) is 44.5 Å². The molecule has 3 rings (SSSR count). The Morgan fingerprint density at radius 2 is 1.75 bits per heavy atom. The first-order chi connectivity index (χ1) is 13.2. The van der Waals surface area contributed by atoms with Crippen LogP contribution in [-0.4, -0.2) is 39.8 Å². The summed E-state index contributed by atoms with van der Waals surface area (Å²) in [4.78, 5) is 6.78. The summed E-state index contributed by atoms with van der Waals surface area (Å²) >= 11 is 0. The molecule has 0 fully saturated rings. The molecule has 0 saturated carbocycles. The number of hydrogen-bond acceptors (Lipinski definition) is 4. The Morgan fingerprint density at radius 3 is 2.43 bits per heavy atom. The van der Waals surface area contributed by atoms with E-state index < -0.39 is 0 Å². The second-order valence-electron chi connectivity index (χ2n) is 6.59. The predicted molar refractivity (Wildman–Crippen MR) is 127 cm³/mol. The first-order valence-electron chi connectivity index (χ1n) is 9.37. The lowest BCUT2D eigenvalue weighted by Crippen LogP contribution is -2.30. The maximum atomic E-state index is 5.76. The second-order valence-corrected chi connectivity index (χ2v) is 6.59. The summed E-state index contributed by atoms with van der Waals surface area (Å²) in [7, 11) is 4.07. The number of anilines is 2. The van der Waals surface area contributed by atoms with Crippen molar-refractivity contribution in [1.82, 2.24) is 5.32 Å². The Labute approximate surface area is 184 Å². The fourth-order valence-electron chi connectivity index (χ4n) is 2.75. The molecule has 2 N–H and O–H groups in total. The van der Waals surface area contributed by atoms with Gasteiger partial charge in [-0.3, -0.25) is 0 Å². The van der Waals surface area contributed by atoms with Gasteiger partial charge in [-0.25, -0.2) is 4.99 Å². The Morgan fingerprint density at radius 1 is 1.04 bits per heavy atom. The van der Waals surface area contributed by atoms with Crippen LogP contribution in [-0.2, 0) is 6.54 Å². The molecule has 1 heterocycles. The third kappa shape index (κ3) is 6.19. The zero-order chi connectivity index (χ0) is 19.1. The summed E-state index contributed by atoms with van der Waals surface area (Å²) in [5, 5.41) is 6.63. The van der Waals surface area contributed by atoms with E-state index >= 15 is 0 Å². The summed E-state index contributed by atoms with van der Waals surface area (Å²) in [6.45, 7) is 4.81. The highest BCUT2D eigenvalue weighted by molar-refractivity contribution is 14.0. The molecule has 1 aliphatic heterocycles. The molecule has 0 aliphatic carbocycles. The van der Waals surface area contributed by atoms with Gasteiger partial charge in [0.05, 0.1) is 19.8 Å². The lowest BCUT2D eigenvalue weighted by molar-refractivity contribution is 0.297. The van der Waals surface area contributed by atoms with Crippen LogP contribution in [0.1, 0.15) is 18.9 Å². The Balaban J connectivity index is 0.00000280. The summed E-state index contributed by atoms with van der Waals surface area (Å²) in [6, 6.07) is 14.3. The molecule has 2 aromatic rings. The van der Waals surface area contributed by atoms with Gasteiger partial charge in [-0.2, -0.15) is 0 Å². The highest BCUT2D eigenvalue weighted by Crippen LogP contribution is 2.32. The second kappa shape index (κ2) is 11.0. The van der Waals surface area contributed by atoms with Crippen LogP contribution in [0.2, 0.25) is 0 Å². The van der Waals surface area contributed by atoms with E-state index in [1.54, 1.807) is 0 Å². The first-order valence-corrected chi connectivity index (χ1v) is 9.37. The molecule has 0 aromatic heterocycles. The number of rotatable bonds is 5. The normalized spacial score (nSPS) is 13.2. The van der Waals surface area contributed by atoms with Crippen molar-refractivity contribution in [3.8, 4) is 11.5 Å². The van der Waals surface area contributed by atoms with E-state index in [0.717, 1.165) is 41.7 Å². The van der Waals surface area contributed by atoms with Gasteiger partial charge in [0.25, 0.3) is 0 Å². The van der Waals surface area contributed by atoms with Crippen LogP contribution in [0.15, 0.2) is 47.5 Å². The molecule has 0 unspecified atom stereocenters. The van der Waals surface area contributed by atoms with E-state index in [1.165, 1.54) is 5.69 Å². The number of benzene rings is 2. The minimum Gasteiger partial charge on any atom is -0.490 e. The fourth-order valence-corrected chi connectivity index (χ4v) is 2.75. The molecular weight excluding hydrogens is 467 g/mol. The topological polar surface area (TPSA) is 58.1 Å². The van der Waals surface area contributed by atoms with Crippen molar-refractivity contribution in [1.29, 1.82) is 0 Å². The van der Waals surface area contributed by atoms with Crippen molar-refractivity contribution >= 4 is 41.3 Å². The van der Waals surface area contributed by atoms with E-state index in [-0.39, 0.29) is 24.0 Å². The number of nitrogens with zero attached hydrogens (tertiary/aromatic N) is 2. The summed E-state index contributed by atoms with van der Waals surface area (Å²) in [6.07, 6.45) is 0.897. The van der Waals surface area contributed by atoms with E-state index in [9.17, 15) is 0 Å². The lowest BCUT2D eigenvalue weighted by atomic mass is 10.2. The quantitative estimate of drug-likeness (QED) is 0.371. The van der Waals surface area contributed by atoms with Crippen molar-refractivity contribution in [2.24, 2.45) is 4.99 Å². The van der Waals surface area contributed by atoms with Crippen molar-refractivity contribution in [2.75, 3.05) is 44.1 Å². The minimum absolute atomic E-state index is 0. The average Bonchev–Trinajstić information content (AvgIpc) is 2.91. The molecule has 152 valence electrons. The molecule has 0 bridgehead atoms. The van der Waals surface area contributed by atoms with Gasteiger partial charge in [0.2, 0.25) is 0 Å². The monoisotopic (exact) mass is 496 g/mol. The van der Waals surface area contributed by atoms with Crippen LogP contribution in [0, 0.1) is 0 Å². The maximum Gasteiger partial charge on any atom is 0.196 e. The Hall–Kier alpha value is -2.16. The van der Waals surface area contributed by atoms with Crippen LogP contribution in [0.4, 0.5) is 11.4 Å². The molecule has 0 spiro atoms. The molecule has 28 heavy (non-hydrogen) atoms. The van der Waals surface area contributed by atoms with E-state index in [0.29, 0.717) is 19.8 Å². The Bertz CT molecular complexity index is 778. The van der Waals surface area contributed by atoms with Crippen molar-refractivity contribution < 1.29 is 9.47 Å². The van der Waals surface area contributed by atoms with E-state index in [4.69, 9.17) is 14.5 Å². The number of guanidine groups is 1. The SMILES string of the molecule is CCNC(=NCc1ccc(N(C)C)cc1)Nc1ccc2c(c1)OCCCO2.I. The predicted octanol–water partition coefficient (Wildman–Crippen LogP) is 4.11. The molecular formula is C21H29IN4O2. The van der Waals surface area contributed by atoms with Crippen LogP contribution >= 0.6 is 24.0 Å². The van der Waals surface area contributed by atoms with Crippen molar-refractivity contribution in [2.45, 2.75) is 19.9 Å². The number of fused-ring (bicyclic) bond motifs is 1. The molecule has 6 nitrogen and oxygen atoms in total. The van der Waals surface area contributed by atoms with Crippen molar-refractivity contribution in [3.63, 3.8) is 0 Å². The van der Waals surface area contributed by atoms with E-state index in [1.807, 2.05) is 32.3 Å². The summed E-state index contributed by atoms with van der Waals surface area (Å²) in [5.41, 5.74) is 3.26. The number of aliphatic imine (C=N–C) groups is 1. The van der Waals surface area contributed by atoms with Gasteiger partial charge in [0.15, 0.2) is 17.5 Å². The Kier molecular flexibility index (Phi) is 8.69. The van der Waals surface area contributed by atoms with Crippen molar-refractivity contribution in [3.05, 3.63) is 48.0 Å². The third-order valence-electron chi connectivity index (χ3n) is 4.23. The zero-order valence-corrected chi connectivity index (χ0v) is 19.0. The standard InChI is InChI=1S/C21H28N4O2.HI/c1-4-22-21(23-15-16-6-9-18(10-7-16)25(2)3)24-17-8-11-19-20(14-17)27-13-5-12-26-19;/h6-11,14H,4-5,12-13,15H2,1-3H3,(H2,22,23,24);1H. The van der Waals surface area contributed by atoms with Gasteiger partial charge in [-0.15, -0.1) is 24.0 Å². The molecule has 2 aromatic carbocycles. The van der Waals surface area contributed by atoms with Crippen LogP contribution < -0.4 is 25.0 Å².